The van der Waals surface area contributed by atoms with Crippen molar-refractivity contribution in [3.63, 3.8) is 0 Å². The summed E-state index contributed by atoms with van der Waals surface area (Å²) in [6.45, 7) is 11.6. The Morgan fingerprint density at radius 1 is 1.27 bits per heavy atom. The number of halogens is 1. The number of imide groups is 1. The highest BCUT2D eigenvalue weighted by Gasteiger charge is 2.48. The number of piperidine rings is 1. The van der Waals surface area contributed by atoms with Gasteiger partial charge in [0, 0.05) is 38.8 Å². The molecular formula is C17H33IN6O2. The van der Waals surface area contributed by atoms with Crippen LogP contribution in [-0.4, -0.2) is 67.1 Å². The first kappa shape index (κ1) is 22.9. The molecule has 2 rings (SSSR count). The zero-order valence-electron chi connectivity index (χ0n) is 16.4. The van der Waals surface area contributed by atoms with Crippen molar-refractivity contribution < 1.29 is 9.59 Å². The summed E-state index contributed by atoms with van der Waals surface area (Å²) in [5.41, 5.74) is -0.692. The van der Waals surface area contributed by atoms with Crippen molar-refractivity contribution >= 4 is 41.9 Å². The van der Waals surface area contributed by atoms with Gasteiger partial charge in [0.2, 0.25) is 0 Å². The predicted octanol–water partition coefficient (Wildman–Crippen LogP) is 0.878. The third kappa shape index (κ3) is 5.70. The van der Waals surface area contributed by atoms with Gasteiger partial charge in [-0.3, -0.25) is 15.1 Å². The van der Waals surface area contributed by atoms with Gasteiger partial charge in [-0.25, -0.2) is 4.79 Å². The molecule has 4 N–H and O–H groups in total. The van der Waals surface area contributed by atoms with Crippen LogP contribution in [0.25, 0.3) is 0 Å². The number of hydrogen-bond donors (Lipinski definition) is 4. The number of guanidine groups is 1. The van der Waals surface area contributed by atoms with E-state index in [1.165, 1.54) is 0 Å². The molecule has 8 nitrogen and oxygen atoms in total. The first-order valence-electron chi connectivity index (χ1n) is 9.00. The molecule has 26 heavy (non-hydrogen) atoms. The minimum absolute atomic E-state index is 0. The number of carbonyl (C=O) groups excluding carboxylic acids is 2. The highest BCUT2D eigenvalue weighted by Crippen LogP contribution is 2.30. The van der Waals surface area contributed by atoms with Crippen LogP contribution in [0.2, 0.25) is 0 Å². The van der Waals surface area contributed by atoms with E-state index < -0.39 is 11.6 Å². The van der Waals surface area contributed by atoms with E-state index >= 15 is 0 Å². The molecular weight excluding hydrogens is 447 g/mol. The number of nitrogens with zero attached hydrogens (tertiary/aromatic N) is 2. The van der Waals surface area contributed by atoms with Crippen molar-refractivity contribution in [2.45, 2.75) is 51.6 Å². The molecule has 150 valence electrons. The molecule has 2 heterocycles. The largest absolute Gasteiger partial charge is 0.355 e. The number of hydrogen-bond acceptors (Lipinski definition) is 4. The standard InChI is InChI=1S/C17H32N6O2.HI/c1-16(2,3)20-9-8-19-14(18-5)23-10-6-12(7-11-23)17(4)13(24)21-15(25)22-17;/h12,20H,6-11H2,1-5H3,(H,18,19)(H2,21,22,24,25);1H. The zero-order valence-corrected chi connectivity index (χ0v) is 18.8. The lowest BCUT2D eigenvalue weighted by Gasteiger charge is -2.39. The molecule has 3 amide bonds. The quantitative estimate of drug-likeness (QED) is 0.158. The van der Waals surface area contributed by atoms with Crippen molar-refractivity contribution in [3.05, 3.63) is 0 Å². The smallest absolute Gasteiger partial charge is 0.322 e. The first-order valence-corrected chi connectivity index (χ1v) is 9.00. The van der Waals surface area contributed by atoms with Gasteiger partial charge in [-0.1, -0.05) is 0 Å². The Bertz CT molecular complexity index is 540. The van der Waals surface area contributed by atoms with Crippen LogP contribution in [0.3, 0.4) is 0 Å². The van der Waals surface area contributed by atoms with Crippen molar-refractivity contribution in [1.29, 1.82) is 0 Å². The van der Waals surface area contributed by atoms with Crippen LogP contribution in [0.1, 0.15) is 40.5 Å². The molecule has 2 aliphatic rings. The molecule has 1 unspecified atom stereocenters. The molecule has 0 spiro atoms. The molecule has 0 aromatic carbocycles. The summed E-state index contributed by atoms with van der Waals surface area (Å²) in [4.78, 5) is 30.1. The van der Waals surface area contributed by atoms with Gasteiger partial charge < -0.3 is 20.9 Å². The Labute approximate surface area is 173 Å². The first-order chi connectivity index (χ1) is 11.7. The van der Waals surface area contributed by atoms with Crippen LogP contribution in [0, 0.1) is 5.92 Å². The topological polar surface area (TPSA) is 97.9 Å². The Balaban J connectivity index is 0.00000338. The van der Waals surface area contributed by atoms with Crippen molar-refractivity contribution in [2.75, 3.05) is 33.2 Å². The van der Waals surface area contributed by atoms with Gasteiger partial charge >= 0.3 is 6.03 Å². The number of likely N-dealkylation sites (tertiary alicyclic amines) is 1. The molecule has 9 heteroatoms. The van der Waals surface area contributed by atoms with E-state index in [1.807, 2.05) is 6.92 Å². The summed E-state index contributed by atoms with van der Waals surface area (Å²) in [5, 5.41) is 12.0. The third-order valence-corrected chi connectivity index (χ3v) is 4.96. The van der Waals surface area contributed by atoms with E-state index in [1.54, 1.807) is 7.05 Å². The van der Waals surface area contributed by atoms with Crippen LogP contribution in [0.5, 0.6) is 0 Å². The summed E-state index contributed by atoms with van der Waals surface area (Å²) in [6.07, 6.45) is 1.68. The van der Waals surface area contributed by atoms with Crippen molar-refractivity contribution in [3.8, 4) is 0 Å². The molecule has 0 aromatic heterocycles. The maximum atomic E-state index is 12.1. The van der Waals surface area contributed by atoms with Crippen molar-refractivity contribution in [2.24, 2.45) is 10.9 Å². The highest BCUT2D eigenvalue weighted by molar-refractivity contribution is 14.0. The fourth-order valence-electron chi connectivity index (χ4n) is 3.46. The average Bonchev–Trinajstić information content (AvgIpc) is 2.80. The molecule has 2 fully saturated rings. The maximum Gasteiger partial charge on any atom is 0.322 e. The summed E-state index contributed by atoms with van der Waals surface area (Å²) in [6, 6.07) is -0.390. The number of nitrogens with one attached hydrogen (secondary N) is 4. The fourth-order valence-corrected chi connectivity index (χ4v) is 3.46. The normalized spacial score (nSPS) is 24.8. The number of carbonyl (C=O) groups is 2. The number of amides is 3. The van der Waals surface area contributed by atoms with Gasteiger partial charge in [-0.2, -0.15) is 0 Å². The molecule has 0 saturated carbocycles. The Morgan fingerprint density at radius 2 is 1.88 bits per heavy atom. The van der Waals surface area contributed by atoms with Gasteiger partial charge in [0.25, 0.3) is 5.91 Å². The number of rotatable bonds is 4. The zero-order chi connectivity index (χ0) is 18.7. The minimum Gasteiger partial charge on any atom is -0.355 e. The molecule has 2 aliphatic heterocycles. The molecule has 2 saturated heterocycles. The van der Waals surface area contributed by atoms with E-state index in [-0.39, 0.29) is 41.3 Å². The molecule has 0 radical (unpaired) electrons. The summed E-state index contributed by atoms with van der Waals surface area (Å²) >= 11 is 0. The maximum absolute atomic E-state index is 12.1. The van der Waals surface area contributed by atoms with Crippen LogP contribution < -0.4 is 21.3 Å². The number of aliphatic imine (C=N–C) groups is 1. The Hall–Kier alpha value is -1.10. The minimum atomic E-state index is -0.795. The number of urea groups is 1. The Kier molecular flexibility index (Phi) is 8.12. The molecule has 0 aliphatic carbocycles. The van der Waals surface area contributed by atoms with E-state index in [2.05, 4.69) is 51.9 Å². The third-order valence-electron chi connectivity index (χ3n) is 4.96. The van der Waals surface area contributed by atoms with Crippen LogP contribution in [-0.2, 0) is 4.79 Å². The van der Waals surface area contributed by atoms with Crippen molar-refractivity contribution in [1.82, 2.24) is 26.2 Å². The monoisotopic (exact) mass is 480 g/mol. The van der Waals surface area contributed by atoms with Gasteiger partial charge in [-0.05, 0) is 46.5 Å². The molecule has 0 aromatic rings. The van der Waals surface area contributed by atoms with Gasteiger partial charge in [0.15, 0.2) is 5.96 Å². The van der Waals surface area contributed by atoms with Crippen LogP contribution in [0.15, 0.2) is 4.99 Å². The summed E-state index contributed by atoms with van der Waals surface area (Å²) in [5.74, 6) is 0.807. The lowest BCUT2D eigenvalue weighted by Crippen LogP contribution is -2.55. The van der Waals surface area contributed by atoms with Gasteiger partial charge in [-0.15, -0.1) is 24.0 Å². The summed E-state index contributed by atoms with van der Waals surface area (Å²) < 4.78 is 0. The molecule has 1 atom stereocenters. The average molecular weight is 480 g/mol. The highest BCUT2D eigenvalue weighted by atomic mass is 127. The predicted molar refractivity (Wildman–Crippen MR) is 114 cm³/mol. The SMILES string of the molecule is CN=C(NCCNC(C)(C)C)N1CCC(C2(C)NC(=O)NC2=O)CC1.I. The van der Waals surface area contributed by atoms with E-state index in [4.69, 9.17) is 0 Å². The van der Waals surface area contributed by atoms with E-state index in [0.29, 0.717) is 0 Å². The fraction of sp³-hybridized carbons (Fsp3) is 0.824. The molecule has 0 bridgehead atoms. The van der Waals surface area contributed by atoms with E-state index in [0.717, 1.165) is 45.0 Å². The lowest BCUT2D eigenvalue weighted by atomic mass is 9.79. The second-order valence-corrected chi connectivity index (χ2v) is 8.02. The van der Waals surface area contributed by atoms with Crippen LogP contribution >= 0.6 is 24.0 Å². The summed E-state index contributed by atoms with van der Waals surface area (Å²) in [7, 11) is 1.79. The van der Waals surface area contributed by atoms with Gasteiger partial charge in [0.1, 0.15) is 5.54 Å². The second-order valence-electron chi connectivity index (χ2n) is 8.02. The van der Waals surface area contributed by atoms with Crippen LogP contribution in [0.4, 0.5) is 4.79 Å². The Morgan fingerprint density at radius 3 is 2.35 bits per heavy atom. The van der Waals surface area contributed by atoms with Gasteiger partial charge in [0.05, 0.1) is 0 Å². The lowest BCUT2D eigenvalue weighted by molar-refractivity contribution is -0.125. The van der Waals surface area contributed by atoms with E-state index in [9.17, 15) is 9.59 Å². The second kappa shape index (κ2) is 9.20.